The van der Waals surface area contributed by atoms with E-state index in [0.717, 1.165) is 12.6 Å². The Hall–Kier alpha value is -1.02. The van der Waals surface area contributed by atoms with Gasteiger partial charge in [0.05, 0.1) is 0 Å². The highest BCUT2D eigenvalue weighted by Crippen LogP contribution is 2.25. The summed E-state index contributed by atoms with van der Waals surface area (Å²) in [7, 11) is 2.22. The average Bonchev–Trinajstić information content (AvgIpc) is 2.35. The van der Waals surface area contributed by atoms with E-state index in [-0.39, 0.29) is 0 Å². The Morgan fingerprint density at radius 3 is 2.47 bits per heavy atom. The largest absolute Gasteiger partial charge is 0.369 e. The summed E-state index contributed by atoms with van der Waals surface area (Å²) < 4.78 is 0. The lowest BCUT2D eigenvalue weighted by atomic mass is 10.0. The summed E-state index contributed by atoms with van der Waals surface area (Å²) in [5.41, 5.74) is 2.82. The third kappa shape index (κ3) is 2.81. The second-order valence-electron chi connectivity index (χ2n) is 5.11. The van der Waals surface area contributed by atoms with Gasteiger partial charge < -0.3 is 9.80 Å². The van der Waals surface area contributed by atoms with Crippen LogP contribution in [-0.4, -0.2) is 37.6 Å². The van der Waals surface area contributed by atoms with E-state index in [1.54, 1.807) is 0 Å². The number of anilines is 1. The van der Waals surface area contributed by atoms with Crippen LogP contribution < -0.4 is 4.90 Å². The molecule has 2 rings (SSSR count). The van der Waals surface area contributed by atoms with E-state index in [2.05, 4.69) is 55.0 Å². The van der Waals surface area contributed by atoms with Gasteiger partial charge in [-0.3, -0.25) is 0 Å². The number of para-hydroxylation sites is 1. The predicted octanol–water partition coefficient (Wildman–Crippen LogP) is 2.92. The third-order valence-electron chi connectivity index (χ3n) is 3.89. The molecule has 0 radical (unpaired) electrons. The lowest BCUT2D eigenvalue weighted by Gasteiger charge is -2.38. The van der Waals surface area contributed by atoms with Gasteiger partial charge in [-0.1, -0.05) is 18.2 Å². The quantitative estimate of drug-likeness (QED) is 0.790. The van der Waals surface area contributed by atoms with Crippen molar-refractivity contribution < 1.29 is 0 Å². The van der Waals surface area contributed by atoms with Crippen molar-refractivity contribution in [1.82, 2.24) is 4.90 Å². The van der Waals surface area contributed by atoms with E-state index < -0.39 is 0 Å². The molecular weight excluding hydrogens is 208 g/mol. The predicted molar refractivity (Wildman–Crippen MR) is 74.7 cm³/mol. The summed E-state index contributed by atoms with van der Waals surface area (Å²) >= 11 is 0. The highest BCUT2D eigenvalue weighted by atomic mass is 15.2. The molecule has 1 heterocycles. The van der Waals surface area contributed by atoms with Crippen molar-refractivity contribution in [2.24, 2.45) is 0 Å². The van der Waals surface area contributed by atoms with E-state index in [0.29, 0.717) is 0 Å². The summed E-state index contributed by atoms with van der Waals surface area (Å²) in [4.78, 5) is 5.02. The van der Waals surface area contributed by atoms with Gasteiger partial charge in [0.25, 0.3) is 0 Å². The van der Waals surface area contributed by atoms with Crippen LogP contribution in [-0.2, 0) is 0 Å². The molecule has 1 saturated heterocycles. The highest BCUT2D eigenvalue weighted by molar-refractivity contribution is 5.53. The van der Waals surface area contributed by atoms with Crippen molar-refractivity contribution in [1.29, 1.82) is 0 Å². The summed E-state index contributed by atoms with van der Waals surface area (Å²) in [6.45, 7) is 8.05. The fourth-order valence-corrected chi connectivity index (χ4v) is 2.82. The molecule has 0 aliphatic carbocycles. The first kappa shape index (κ1) is 12.4. The van der Waals surface area contributed by atoms with Crippen LogP contribution in [0.2, 0.25) is 0 Å². The number of benzene rings is 1. The molecule has 0 aromatic heterocycles. The minimum Gasteiger partial charge on any atom is -0.369 e. The average molecular weight is 232 g/mol. The maximum absolute atomic E-state index is 2.59. The number of nitrogens with zero attached hydrogens (tertiary/aromatic N) is 2. The Labute approximate surface area is 105 Å². The van der Waals surface area contributed by atoms with Gasteiger partial charge in [-0.15, -0.1) is 0 Å². The molecule has 0 amide bonds. The van der Waals surface area contributed by atoms with Gasteiger partial charge in [-0.25, -0.2) is 0 Å². The van der Waals surface area contributed by atoms with E-state index in [9.17, 15) is 0 Å². The summed E-state index contributed by atoms with van der Waals surface area (Å²) in [6.07, 6.45) is 2.58. The number of rotatable bonds is 3. The molecule has 1 aromatic carbocycles. The van der Waals surface area contributed by atoms with Crippen molar-refractivity contribution in [2.75, 3.05) is 31.6 Å². The van der Waals surface area contributed by atoms with E-state index in [1.165, 1.54) is 37.2 Å². The maximum Gasteiger partial charge on any atom is 0.0398 e. The molecule has 2 nitrogen and oxygen atoms in total. The molecule has 0 atom stereocenters. The van der Waals surface area contributed by atoms with Crippen LogP contribution in [0.3, 0.4) is 0 Å². The molecule has 1 aliphatic rings. The molecule has 0 saturated carbocycles. The monoisotopic (exact) mass is 232 g/mol. The molecule has 1 fully saturated rings. The topological polar surface area (TPSA) is 6.48 Å². The Bertz CT molecular complexity index is 354. The molecule has 0 spiro atoms. The van der Waals surface area contributed by atoms with Gasteiger partial charge in [0, 0.05) is 18.3 Å². The van der Waals surface area contributed by atoms with Crippen LogP contribution in [0.5, 0.6) is 0 Å². The first-order valence-corrected chi connectivity index (χ1v) is 6.73. The number of likely N-dealkylation sites (tertiary alicyclic amines) is 1. The standard InChI is InChI=1S/C15H24N2/c1-4-17(14-9-11-16(3)12-10-14)15-8-6-5-7-13(15)2/h5-8,14H,4,9-12H2,1-3H3. The smallest absolute Gasteiger partial charge is 0.0398 e. The molecule has 1 aromatic rings. The number of hydrogen-bond acceptors (Lipinski definition) is 2. The minimum absolute atomic E-state index is 0.720. The van der Waals surface area contributed by atoms with Gasteiger partial charge in [0.15, 0.2) is 0 Å². The van der Waals surface area contributed by atoms with Crippen molar-refractivity contribution in [3.8, 4) is 0 Å². The summed E-state index contributed by atoms with van der Waals surface area (Å²) in [6, 6.07) is 9.48. The first-order chi connectivity index (χ1) is 8.22. The fourth-order valence-electron chi connectivity index (χ4n) is 2.82. The molecular formula is C15H24N2. The number of aryl methyl sites for hydroxylation is 1. The van der Waals surface area contributed by atoms with Gasteiger partial charge >= 0.3 is 0 Å². The van der Waals surface area contributed by atoms with Crippen LogP contribution in [0.1, 0.15) is 25.3 Å². The van der Waals surface area contributed by atoms with Gasteiger partial charge in [-0.2, -0.15) is 0 Å². The Balaban J connectivity index is 2.14. The SMILES string of the molecule is CCN(c1ccccc1C)C1CCN(C)CC1. The highest BCUT2D eigenvalue weighted by Gasteiger charge is 2.22. The van der Waals surface area contributed by atoms with E-state index >= 15 is 0 Å². The lowest BCUT2D eigenvalue weighted by Crippen LogP contribution is -2.44. The molecule has 0 N–H and O–H groups in total. The van der Waals surface area contributed by atoms with Crippen molar-refractivity contribution >= 4 is 5.69 Å². The van der Waals surface area contributed by atoms with Crippen molar-refractivity contribution in [3.63, 3.8) is 0 Å². The van der Waals surface area contributed by atoms with Gasteiger partial charge in [-0.05, 0) is 58.5 Å². The maximum atomic E-state index is 2.59. The number of hydrogen-bond donors (Lipinski definition) is 0. The second-order valence-corrected chi connectivity index (χ2v) is 5.11. The van der Waals surface area contributed by atoms with Crippen LogP contribution in [0.4, 0.5) is 5.69 Å². The normalized spacial score (nSPS) is 18.3. The van der Waals surface area contributed by atoms with Crippen molar-refractivity contribution in [3.05, 3.63) is 29.8 Å². The molecule has 17 heavy (non-hydrogen) atoms. The Kier molecular flexibility index (Phi) is 4.06. The molecule has 0 unspecified atom stereocenters. The summed E-state index contributed by atoms with van der Waals surface area (Å²) in [5.74, 6) is 0. The second kappa shape index (κ2) is 5.54. The van der Waals surface area contributed by atoms with Gasteiger partial charge in [0.2, 0.25) is 0 Å². The fraction of sp³-hybridized carbons (Fsp3) is 0.600. The van der Waals surface area contributed by atoms with E-state index in [4.69, 9.17) is 0 Å². The zero-order valence-electron chi connectivity index (χ0n) is 11.3. The van der Waals surface area contributed by atoms with Crippen LogP contribution >= 0.6 is 0 Å². The van der Waals surface area contributed by atoms with E-state index in [1.807, 2.05) is 0 Å². The third-order valence-corrected chi connectivity index (χ3v) is 3.89. The minimum atomic E-state index is 0.720. The molecule has 94 valence electrons. The molecule has 2 heteroatoms. The Morgan fingerprint density at radius 2 is 1.88 bits per heavy atom. The zero-order valence-corrected chi connectivity index (χ0v) is 11.3. The summed E-state index contributed by atoms with van der Waals surface area (Å²) in [5, 5.41) is 0. The van der Waals surface area contributed by atoms with Gasteiger partial charge in [0.1, 0.15) is 0 Å². The molecule has 0 bridgehead atoms. The van der Waals surface area contributed by atoms with Crippen LogP contribution in [0.25, 0.3) is 0 Å². The molecule has 1 aliphatic heterocycles. The van der Waals surface area contributed by atoms with Crippen LogP contribution in [0.15, 0.2) is 24.3 Å². The van der Waals surface area contributed by atoms with Crippen LogP contribution in [0, 0.1) is 6.92 Å². The Morgan fingerprint density at radius 1 is 1.24 bits per heavy atom. The number of piperidine rings is 1. The lowest BCUT2D eigenvalue weighted by molar-refractivity contribution is 0.250. The first-order valence-electron chi connectivity index (χ1n) is 6.73. The van der Waals surface area contributed by atoms with Crippen molar-refractivity contribution in [2.45, 2.75) is 32.7 Å². The zero-order chi connectivity index (χ0) is 12.3.